The Labute approximate surface area is 94.9 Å². The molecule has 0 aliphatic heterocycles. The van der Waals surface area contributed by atoms with E-state index in [1.54, 1.807) is 24.3 Å². The predicted octanol–water partition coefficient (Wildman–Crippen LogP) is 0.822. The minimum atomic E-state index is -0.0772. The van der Waals surface area contributed by atoms with Gasteiger partial charge in [0.2, 0.25) is 5.91 Å². The molecule has 0 aliphatic rings. The first-order chi connectivity index (χ1) is 7.61. The SMILES string of the molecule is CC(CCO)NC(=O)Cc1ccc(O)cc1. The summed E-state index contributed by atoms with van der Waals surface area (Å²) in [5, 5.41) is 20.6. The van der Waals surface area contributed by atoms with Crippen molar-refractivity contribution in [2.24, 2.45) is 0 Å². The van der Waals surface area contributed by atoms with E-state index >= 15 is 0 Å². The fourth-order valence-electron chi connectivity index (χ4n) is 1.39. The van der Waals surface area contributed by atoms with E-state index in [4.69, 9.17) is 10.2 Å². The van der Waals surface area contributed by atoms with Crippen LogP contribution >= 0.6 is 0 Å². The smallest absolute Gasteiger partial charge is 0.224 e. The van der Waals surface area contributed by atoms with Crippen LogP contribution in [0.1, 0.15) is 18.9 Å². The molecule has 1 aromatic carbocycles. The highest BCUT2D eigenvalue weighted by Gasteiger charge is 2.07. The van der Waals surface area contributed by atoms with E-state index in [0.717, 1.165) is 5.56 Å². The summed E-state index contributed by atoms with van der Waals surface area (Å²) >= 11 is 0. The number of benzene rings is 1. The predicted molar refractivity (Wildman–Crippen MR) is 61.1 cm³/mol. The molecule has 4 heteroatoms. The van der Waals surface area contributed by atoms with E-state index in [1.165, 1.54) is 0 Å². The van der Waals surface area contributed by atoms with Crippen molar-refractivity contribution in [1.29, 1.82) is 0 Å². The monoisotopic (exact) mass is 223 g/mol. The summed E-state index contributed by atoms with van der Waals surface area (Å²) in [6, 6.07) is 6.52. The molecule has 1 amide bonds. The Morgan fingerprint density at radius 1 is 1.38 bits per heavy atom. The number of aromatic hydroxyl groups is 1. The van der Waals surface area contributed by atoms with Gasteiger partial charge < -0.3 is 15.5 Å². The average Bonchev–Trinajstić information content (AvgIpc) is 2.21. The Bertz CT molecular complexity index is 335. The Morgan fingerprint density at radius 3 is 2.56 bits per heavy atom. The van der Waals surface area contributed by atoms with Gasteiger partial charge in [-0.1, -0.05) is 12.1 Å². The Morgan fingerprint density at radius 2 is 2.00 bits per heavy atom. The summed E-state index contributed by atoms with van der Waals surface area (Å²) < 4.78 is 0. The summed E-state index contributed by atoms with van der Waals surface area (Å²) in [7, 11) is 0. The van der Waals surface area contributed by atoms with Gasteiger partial charge in [0.1, 0.15) is 5.75 Å². The van der Waals surface area contributed by atoms with Gasteiger partial charge >= 0.3 is 0 Å². The summed E-state index contributed by atoms with van der Waals surface area (Å²) in [6.07, 6.45) is 0.845. The number of hydrogen-bond donors (Lipinski definition) is 3. The number of phenolic OH excluding ortho intramolecular Hbond substituents is 1. The lowest BCUT2D eigenvalue weighted by atomic mass is 10.1. The molecule has 0 aliphatic carbocycles. The lowest BCUT2D eigenvalue weighted by molar-refractivity contribution is -0.121. The van der Waals surface area contributed by atoms with Crippen LogP contribution in [0.15, 0.2) is 24.3 Å². The first-order valence-electron chi connectivity index (χ1n) is 5.30. The fraction of sp³-hybridized carbons (Fsp3) is 0.417. The second-order valence-corrected chi connectivity index (χ2v) is 3.82. The maximum atomic E-state index is 11.5. The van der Waals surface area contributed by atoms with Crippen molar-refractivity contribution >= 4 is 5.91 Å². The number of carbonyl (C=O) groups excluding carboxylic acids is 1. The van der Waals surface area contributed by atoms with Crippen molar-refractivity contribution in [1.82, 2.24) is 5.32 Å². The molecule has 0 spiro atoms. The molecular formula is C12H17NO3. The molecule has 1 atom stereocenters. The van der Waals surface area contributed by atoms with Gasteiger partial charge in [0, 0.05) is 12.6 Å². The molecule has 0 saturated heterocycles. The highest BCUT2D eigenvalue weighted by Crippen LogP contribution is 2.09. The summed E-state index contributed by atoms with van der Waals surface area (Å²) in [4.78, 5) is 11.5. The maximum Gasteiger partial charge on any atom is 0.224 e. The van der Waals surface area contributed by atoms with Crippen LogP contribution in [0.3, 0.4) is 0 Å². The largest absolute Gasteiger partial charge is 0.508 e. The number of aliphatic hydroxyl groups excluding tert-OH is 1. The summed E-state index contributed by atoms with van der Waals surface area (Å²) in [6.45, 7) is 1.92. The molecule has 0 radical (unpaired) electrons. The average molecular weight is 223 g/mol. The lowest BCUT2D eigenvalue weighted by Gasteiger charge is -2.12. The van der Waals surface area contributed by atoms with Gasteiger partial charge in [0.15, 0.2) is 0 Å². The molecule has 0 bridgehead atoms. The van der Waals surface area contributed by atoms with Crippen LogP contribution in [-0.4, -0.2) is 28.8 Å². The molecule has 0 fully saturated rings. The number of rotatable bonds is 5. The van der Waals surface area contributed by atoms with Crippen molar-refractivity contribution in [3.8, 4) is 5.75 Å². The standard InChI is InChI=1S/C12H17NO3/c1-9(6-7-14)13-12(16)8-10-2-4-11(15)5-3-10/h2-5,9,14-15H,6-8H2,1H3,(H,13,16). The molecule has 1 aromatic rings. The Hall–Kier alpha value is -1.55. The zero-order valence-corrected chi connectivity index (χ0v) is 9.31. The van der Waals surface area contributed by atoms with Crippen molar-refractivity contribution in [2.45, 2.75) is 25.8 Å². The number of carbonyl (C=O) groups is 1. The van der Waals surface area contributed by atoms with Crippen molar-refractivity contribution in [2.75, 3.05) is 6.61 Å². The number of aliphatic hydroxyl groups is 1. The molecule has 0 heterocycles. The van der Waals surface area contributed by atoms with Crippen molar-refractivity contribution < 1.29 is 15.0 Å². The van der Waals surface area contributed by atoms with Crippen LogP contribution < -0.4 is 5.32 Å². The second kappa shape index (κ2) is 6.12. The minimum absolute atomic E-state index is 0.0189. The van der Waals surface area contributed by atoms with Gasteiger partial charge in [-0.2, -0.15) is 0 Å². The van der Waals surface area contributed by atoms with Crippen LogP contribution in [0.5, 0.6) is 5.75 Å². The molecule has 1 unspecified atom stereocenters. The Balaban J connectivity index is 2.42. The van der Waals surface area contributed by atoms with Crippen molar-refractivity contribution in [3.63, 3.8) is 0 Å². The number of amides is 1. The van der Waals surface area contributed by atoms with E-state index in [2.05, 4.69) is 5.32 Å². The molecule has 0 saturated carbocycles. The Kier molecular flexibility index (Phi) is 4.79. The first kappa shape index (κ1) is 12.5. The maximum absolute atomic E-state index is 11.5. The topological polar surface area (TPSA) is 69.6 Å². The van der Waals surface area contributed by atoms with Gasteiger partial charge in [-0.3, -0.25) is 4.79 Å². The van der Waals surface area contributed by atoms with Gasteiger partial charge in [-0.05, 0) is 31.0 Å². The third-order valence-electron chi connectivity index (χ3n) is 2.27. The van der Waals surface area contributed by atoms with Crippen LogP contribution in [0, 0.1) is 0 Å². The van der Waals surface area contributed by atoms with E-state index in [9.17, 15) is 4.79 Å². The quantitative estimate of drug-likeness (QED) is 0.692. The highest BCUT2D eigenvalue weighted by molar-refractivity contribution is 5.78. The van der Waals surface area contributed by atoms with E-state index in [0.29, 0.717) is 6.42 Å². The lowest BCUT2D eigenvalue weighted by Crippen LogP contribution is -2.34. The van der Waals surface area contributed by atoms with Gasteiger partial charge in [-0.25, -0.2) is 0 Å². The zero-order valence-electron chi connectivity index (χ0n) is 9.31. The van der Waals surface area contributed by atoms with Crippen LogP contribution in [-0.2, 0) is 11.2 Å². The van der Waals surface area contributed by atoms with E-state index in [-0.39, 0.29) is 30.7 Å². The first-order valence-corrected chi connectivity index (χ1v) is 5.30. The molecule has 4 nitrogen and oxygen atoms in total. The normalized spacial score (nSPS) is 12.1. The highest BCUT2D eigenvalue weighted by atomic mass is 16.3. The van der Waals surface area contributed by atoms with Gasteiger partial charge in [-0.15, -0.1) is 0 Å². The molecule has 1 rings (SSSR count). The van der Waals surface area contributed by atoms with E-state index in [1.807, 2.05) is 6.92 Å². The summed E-state index contributed by atoms with van der Waals surface area (Å²) in [5.41, 5.74) is 0.853. The van der Waals surface area contributed by atoms with Crippen LogP contribution in [0.2, 0.25) is 0 Å². The summed E-state index contributed by atoms with van der Waals surface area (Å²) in [5.74, 6) is 0.115. The third kappa shape index (κ3) is 4.31. The molecule has 88 valence electrons. The minimum Gasteiger partial charge on any atom is -0.508 e. The van der Waals surface area contributed by atoms with Gasteiger partial charge in [0.05, 0.1) is 6.42 Å². The molecule has 3 N–H and O–H groups in total. The molecular weight excluding hydrogens is 206 g/mol. The molecule has 0 aromatic heterocycles. The number of hydrogen-bond acceptors (Lipinski definition) is 3. The zero-order chi connectivity index (χ0) is 12.0. The van der Waals surface area contributed by atoms with Crippen LogP contribution in [0.4, 0.5) is 0 Å². The fourth-order valence-corrected chi connectivity index (χ4v) is 1.39. The number of nitrogens with one attached hydrogen (secondary N) is 1. The number of phenols is 1. The second-order valence-electron chi connectivity index (χ2n) is 3.82. The van der Waals surface area contributed by atoms with Crippen LogP contribution in [0.25, 0.3) is 0 Å². The van der Waals surface area contributed by atoms with E-state index < -0.39 is 0 Å². The third-order valence-corrected chi connectivity index (χ3v) is 2.27. The van der Waals surface area contributed by atoms with Gasteiger partial charge in [0.25, 0.3) is 0 Å². The van der Waals surface area contributed by atoms with Crippen molar-refractivity contribution in [3.05, 3.63) is 29.8 Å². The molecule has 16 heavy (non-hydrogen) atoms.